The Bertz CT molecular complexity index is 162. The van der Waals surface area contributed by atoms with Crippen molar-refractivity contribution in [3.05, 3.63) is 17.1 Å². The molecule has 0 aliphatic heterocycles. The lowest BCUT2D eigenvalue weighted by Crippen LogP contribution is -1.90. The maximum atomic E-state index is 4.92. The first-order valence-electron chi connectivity index (χ1n) is 3.30. The fraction of sp³-hybridized carbons (Fsp3) is 0.571. The lowest BCUT2D eigenvalue weighted by atomic mass is 10.2. The summed E-state index contributed by atoms with van der Waals surface area (Å²) in [6.45, 7) is 0.843. The van der Waals surface area contributed by atoms with Gasteiger partial charge in [0.15, 0.2) is 0 Å². The molecule has 0 unspecified atom stereocenters. The number of rotatable bonds is 4. The van der Waals surface area contributed by atoms with E-state index < -0.39 is 0 Å². The SMILES string of the molecule is COCCCc1cnsc1. The molecule has 56 valence electrons. The Balaban J connectivity index is 2.15. The van der Waals surface area contributed by atoms with Crippen LogP contribution in [0.25, 0.3) is 0 Å². The Kier molecular flexibility index (Phi) is 3.40. The van der Waals surface area contributed by atoms with Crippen LogP contribution >= 0.6 is 11.5 Å². The number of aromatic nitrogens is 1. The normalized spacial score (nSPS) is 10.1. The van der Waals surface area contributed by atoms with Crippen LogP contribution in [0.3, 0.4) is 0 Å². The van der Waals surface area contributed by atoms with Gasteiger partial charge in [0.05, 0.1) is 0 Å². The summed E-state index contributed by atoms with van der Waals surface area (Å²) in [5, 5.41) is 2.08. The van der Waals surface area contributed by atoms with Gasteiger partial charge in [-0.25, -0.2) is 4.37 Å². The summed E-state index contributed by atoms with van der Waals surface area (Å²) in [6, 6.07) is 0. The molecule has 0 radical (unpaired) electrons. The van der Waals surface area contributed by atoms with Gasteiger partial charge in [0.2, 0.25) is 0 Å². The molecule has 0 spiro atoms. The van der Waals surface area contributed by atoms with E-state index in [4.69, 9.17) is 4.74 Å². The molecule has 0 saturated carbocycles. The number of nitrogens with zero attached hydrogens (tertiary/aromatic N) is 1. The van der Waals surface area contributed by atoms with Crippen LogP contribution in [-0.2, 0) is 11.2 Å². The number of hydrogen-bond donors (Lipinski definition) is 0. The van der Waals surface area contributed by atoms with Crippen LogP contribution in [0.5, 0.6) is 0 Å². The Morgan fingerprint density at radius 2 is 2.60 bits per heavy atom. The second kappa shape index (κ2) is 4.41. The summed E-state index contributed by atoms with van der Waals surface area (Å²) in [4.78, 5) is 0. The van der Waals surface area contributed by atoms with Gasteiger partial charge in [-0.05, 0) is 29.9 Å². The Labute approximate surface area is 65.0 Å². The van der Waals surface area contributed by atoms with E-state index in [1.165, 1.54) is 17.1 Å². The van der Waals surface area contributed by atoms with E-state index in [1.807, 2.05) is 6.20 Å². The minimum atomic E-state index is 0.843. The van der Waals surface area contributed by atoms with Crippen molar-refractivity contribution in [3.8, 4) is 0 Å². The highest BCUT2D eigenvalue weighted by atomic mass is 32.1. The molecule has 0 aliphatic carbocycles. The van der Waals surface area contributed by atoms with Crippen molar-refractivity contribution in [1.29, 1.82) is 0 Å². The summed E-state index contributed by atoms with van der Waals surface area (Å²) in [7, 11) is 1.73. The van der Waals surface area contributed by atoms with Crippen LogP contribution in [0.2, 0.25) is 0 Å². The molecule has 0 N–H and O–H groups in total. The third-order valence-electron chi connectivity index (χ3n) is 1.30. The number of methoxy groups -OCH3 is 1. The molecule has 10 heavy (non-hydrogen) atoms. The quantitative estimate of drug-likeness (QED) is 0.621. The largest absolute Gasteiger partial charge is 0.385 e. The summed E-state index contributed by atoms with van der Waals surface area (Å²) in [5.74, 6) is 0. The van der Waals surface area contributed by atoms with Gasteiger partial charge >= 0.3 is 0 Å². The summed E-state index contributed by atoms with van der Waals surface area (Å²) in [6.07, 6.45) is 4.10. The van der Waals surface area contributed by atoms with Gasteiger partial charge in [-0.1, -0.05) is 0 Å². The fourth-order valence-corrected chi connectivity index (χ4v) is 1.34. The molecule has 3 heteroatoms. The zero-order valence-corrected chi connectivity index (χ0v) is 6.86. The highest BCUT2D eigenvalue weighted by Gasteiger charge is 1.92. The predicted molar refractivity (Wildman–Crippen MR) is 42.3 cm³/mol. The van der Waals surface area contributed by atoms with Gasteiger partial charge < -0.3 is 4.74 Å². The number of ether oxygens (including phenoxy) is 1. The van der Waals surface area contributed by atoms with Crippen LogP contribution in [0, 0.1) is 0 Å². The maximum absolute atomic E-state index is 4.92. The average Bonchev–Trinajstić information content (AvgIpc) is 2.41. The molecule has 1 aromatic rings. The minimum absolute atomic E-state index is 0.843. The van der Waals surface area contributed by atoms with Crippen molar-refractivity contribution >= 4 is 11.5 Å². The lowest BCUT2D eigenvalue weighted by Gasteiger charge is -1.94. The molecular formula is C7H11NOS. The van der Waals surface area contributed by atoms with Crippen molar-refractivity contribution in [2.75, 3.05) is 13.7 Å². The summed E-state index contributed by atoms with van der Waals surface area (Å²) < 4.78 is 8.92. The summed E-state index contributed by atoms with van der Waals surface area (Å²) >= 11 is 1.51. The van der Waals surface area contributed by atoms with Crippen LogP contribution in [-0.4, -0.2) is 18.1 Å². The van der Waals surface area contributed by atoms with Gasteiger partial charge in [0.1, 0.15) is 0 Å². The minimum Gasteiger partial charge on any atom is -0.385 e. The Hall–Kier alpha value is -0.410. The zero-order chi connectivity index (χ0) is 7.23. The highest BCUT2D eigenvalue weighted by molar-refractivity contribution is 7.03. The molecule has 1 aromatic heterocycles. The van der Waals surface area contributed by atoms with E-state index in [-0.39, 0.29) is 0 Å². The molecule has 0 atom stereocenters. The fourth-order valence-electron chi connectivity index (χ4n) is 0.771. The van der Waals surface area contributed by atoms with Gasteiger partial charge in [-0.15, -0.1) is 0 Å². The van der Waals surface area contributed by atoms with Gasteiger partial charge in [0.25, 0.3) is 0 Å². The standard InChI is InChI=1S/C7H11NOS/c1-9-4-2-3-7-5-8-10-6-7/h5-6H,2-4H2,1H3. The van der Waals surface area contributed by atoms with E-state index >= 15 is 0 Å². The van der Waals surface area contributed by atoms with E-state index in [0.29, 0.717) is 0 Å². The molecule has 0 bridgehead atoms. The second-order valence-electron chi connectivity index (χ2n) is 2.13. The Morgan fingerprint density at radius 3 is 3.20 bits per heavy atom. The number of hydrogen-bond acceptors (Lipinski definition) is 3. The molecule has 0 amide bonds. The molecular weight excluding hydrogens is 146 g/mol. The lowest BCUT2D eigenvalue weighted by molar-refractivity contribution is 0.195. The van der Waals surface area contributed by atoms with E-state index in [9.17, 15) is 0 Å². The maximum Gasteiger partial charge on any atom is 0.0465 e. The monoisotopic (exact) mass is 157 g/mol. The molecule has 0 fully saturated rings. The molecule has 1 rings (SSSR count). The molecule has 2 nitrogen and oxygen atoms in total. The van der Waals surface area contributed by atoms with Crippen LogP contribution in [0.4, 0.5) is 0 Å². The first-order valence-corrected chi connectivity index (χ1v) is 4.14. The molecule has 0 aromatic carbocycles. The highest BCUT2D eigenvalue weighted by Crippen LogP contribution is 2.04. The smallest absolute Gasteiger partial charge is 0.0465 e. The Morgan fingerprint density at radius 1 is 1.70 bits per heavy atom. The third kappa shape index (κ3) is 2.45. The van der Waals surface area contributed by atoms with Crippen LogP contribution in [0.1, 0.15) is 12.0 Å². The predicted octanol–water partition coefficient (Wildman–Crippen LogP) is 1.72. The first-order chi connectivity index (χ1) is 4.93. The van der Waals surface area contributed by atoms with E-state index in [2.05, 4.69) is 9.75 Å². The van der Waals surface area contributed by atoms with Gasteiger partial charge in [-0.3, -0.25) is 0 Å². The third-order valence-corrected chi connectivity index (χ3v) is 1.93. The molecule has 0 saturated heterocycles. The topological polar surface area (TPSA) is 22.1 Å². The van der Waals surface area contributed by atoms with Crippen molar-refractivity contribution in [2.45, 2.75) is 12.8 Å². The van der Waals surface area contributed by atoms with Crippen LogP contribution in [0.15, 0.2) is 11.6 Å². The van der Waals surface area contributed by atoms with Crippen molar-refractivity contribution < 1.29 is 4.74 Å². The second-order valence-corrected chi connectivity index (χ2v) is 2.79. The molecule has 0 aliphatic rings. The van der Waals surface area contributed by atoms with E-state index in [1.54, 1.807) is 7.11 Å². The van der Waals surface area contributed by atoms with Gasteiger partial charge in [0, 0.05) is 25.3 Å². The number of aryl methyl sites for hydroxylation is 1. The molecule has 1 heterocycles. The zero-order valence-electron chi connectivity index (χ0n) is 6.04. The van der Waals surface area contributed by atoms with Crippen molar-refractivity contribution in [1.82, 2.24) is 4.37 Å². The first kappa shape index (κ1) is 7.69. The van der Waals surface area contributed by atoms with Gasteiger partial charge in [-0.2, -0.15) is 0 Å². The van der Waals surface area contributed by atoms with Crippen LogP contribution < -0.4 is 0 Å². The summed E-state index contributed by atoms with van der Waals surface area (Å²) in [5.41, 5.74) is 1.32. The average molecular weight is 157 g/mol. The van der Waals surface area contributed by atoms with Crippen molar-refractivity contribution in [3.63, 3.8) is 0 Å². The van der Waals surface area contributed by atoms with E-state index in [0.717, 1.165) is 19.4 Å². The van der Waals surface area contributed by atoms with Crippen molar-refractivity contribution in [2.24, 2.45) is 0 Å².